The van der Waals surface area contributed by atoms with E-state index in [1.807, 2.05) is 42.5 Å². The minimum Gasteiger partial charge on any atom is -0.345 e. The van der Waals surface area contributed by atoms with Crippen molar-refractivity contribution in [3.63, 3.8) is 0 Å². The second-order valence-corrected chi connectivity index (χ2v) is 10.4. The Morgan fingerprint density at radius 1 is 1.15 bits per heavy atom. The van der Waals surface area contributed by atoms with Crippen molar-refractivity contribution in [2.45, 2.75) is 42.9 Å². The number of hydrogen-bond acceptors (Lipinski definition) is 6. The first-order valence-electron chi connectivity index (χ1n) is 11.5. The topological polar surface area (TPSA) is 88.5 Å². The molecule has 34 heavy (non-hydrogen) atoms. The molecule has 2 aromatic carbocycles. The number of hydrogen-bond donors (Lipinski definition) is 2. The van der Waals surface area contributed by atoms with Gasteiger partial charge >= 0.3 is 0 Å². The van der Waals surface area contributed by atoms with Crippen LogP contribution in [0.1, 0.15) is 48.4 Å². The minimum atomic E-state index is -0.155. The molecule has 1 amide bonds. The Bertz CT molecular complexity index is 1220. The van der Waals surface area contributed by atoms with Crippen molar-refractivity contribution in [2.75, 3.05) is 17.8 Å². The molecule has 176 valence electrons. The zero-order valence-electron chi connectivity index (χ0n) is 19.1. The fourth-order valence-electron chi connectivity index (χ4n) is 3.98. The SMILES string of the molecule is CSCCC(NC(=O)CSc1nnc(C2CC2)n1Cc1ccccc1)c1nc2ccccc2[nH]1. The van der Waals surface area contributed by atoms with Crippen molar-refractivity contribution in [3.05, 3.63) is 71.8 Å². The number of carbonyl (C=O) groups is 1. The van der Waals surface area contributed by atoms with E-state index in [4.69, 9.17) is 4.98 Å². The van der Waals surface area contributed by atoms with Gasteiger partial charge in [0.05, 0.1) is 29.4 Å². The number of amides is 1. The Kier molecular flexibility index (Phi) is 7.20. The first-order chi connectivity index (χ1) is 16.7. The second-order valence-electron chi connectivity index (χ2n) is 8.52. The molecule has 1 aliphatic carbocycles. The molecular formula is C25H28N6OS2. The van der Waals surface area contributed by atoms with Gasteiger partial charge in [-0.2, -0.15) is 11.8 Å². The minimum absolute atomic E-state index is 0.0289. The number of rotatable bonds is 11. The highest BCUT2D eigenvalue weighted by Gasteiger charge is 2.30. The van der Waals surface area contributed by atoms with Crippen molar-refractivity contribution in [2.24, 2.45) is 0 Å². The maximum absolute atomic E-state index is 13.0. The van der Waals surface area contributed by atoms with Crippen molar-refractivity contribution in [1.82, 2.24) is 30.0 Å². The molecular weight excluding hydrogens is 464 g/mol. The summed E-state index contributed by atoms with van der Waals surface area (Å²) >= 11 is 3.21. The first kappa shape index (κ1) is 23.0. The lowest BCUT2D eigenvalue weighted by atomic mass is 10.2. The lowest BCUT2D eigenvalue weighted by Crippen LogP contribution is -2.31. The summed E-state index contributed by atoms with van der Waals surface area (Å²) in [6.45, 7) is 0.721. The monoisotopic (exact) mass is 492 g/mol. The van der Waals surface area contributed by atoms with Crippen molar-refractivity contribution >= 4 is 40.5 Å². The van der Waals surface area contributed by atoms with Gasteiger partial charge in [-0.25, -0.2) is 4.98 Å². The molecule has 0 radical (unpaired) electrons. The standard InChI is InChI=1S/C25H28N6OS2/c1-33-14-13-21(23-27-19-9-5-6-10-20(19)28-23)26-22(32)16-34-25-30-29-24(18-11-12-18)31(25)15-17-7-3-2-4-8-17/h2-10,18,21H,11-16H2,1H3,(H,26,32)(H,27,28). The predicted octanol–water partition coefficient (Wildman–Crippen LogP) is 4.78. The third-order valence-corrected chi connectivity index (χ3v) is 7.50. The number of H-pyrrole nitrogens is 1. The maximum Gasteiger partial charge on any atom is 0.231 e. The van der Waals surface area contributed by atoms with Gasteiger partial charge in [-0.15, -0.1) is 10.2 Å². The normalized spacial score (nSPS) is 14.4. The van der Waals surface area contributed by atoms with Gasteiger partial charge < -0.3 is 14.9 Å². The van der Waals surface area contributed by atoms with Gasteiger partial charge in [0.1, 0.15) is 11.6 Å². The number of imidazole rings is 1. The highest BCUT2D eigenvalue weighted by molar-refractivity contribution is 7.99. The van der Waals surface area contributed by atoms with Crippen molar-refractivity contribution < 1.29 is 4.79 Å². The van der Waals surface area contributed by atoms with E-state index in [1.165, 1.54) is 17.3 Å². The van der Waals surface area contributed by atoms with Crippen LogP contribution in [-0.2, 0) is 11.3 Å². The number of benzene rings is 2. The van der Waals surface area contributed by atoms with E-state index in [0.29, 0.717) is 5.92 Å². The van der Waals surface area contributed by atoms with Crippen LogP contribution in [0.4, 0.5) is 0 Å². The molecule has 9 heteroatoms. The van der Waals surface area contributed by atoms with Crippen LogP contribution in [0.15, 0.2) is 59.8 Å². The summed E-state index contributed by atoms with van der Waals surface area (Å²) in [5, 5.41) is 12.9. The molecule has 5 rings (SSSR count). The average molecular weight is 493 g/mol. The van der Waals surface area contributed by atoms with E-state index in [1.54, 1.807) is 11.8 Å². The lowest BCUT2D eigenvalue weighted by Gasteiger charge is -2.16. The number of nitrogens with one attached hydrogen (secondary N) is 2. The predicted molar refractivity (Wildman–Crippen MR) is 138 cm³/mol. The number of fused-ring (bicyclic) bond motifs is 1. The van der Waals surface area contributed by atoms with E-state index in [2.05, 4.69) is 43.5 Å². The smallest absolute Gasteiger partial charge is 0.231 e. The van der Waals surface area contributed by atoms with Crippen LogP contribution in [-0.4, -0.2) is 48.4 Å². The van der Waals surface area contributed by atoms with Crippen LogP contribution < -0.4 is 5.32 Å². The largest absolute Gasteiger partial charge is 0.345 e. The molecule has 2 N–H and O–H groups in total. The Morgan fingerprint density at radius 2 is 1.94 bits per heavy atom. The molecule has 1 saturated carbocycles. The zero-order chi connectivity index (χ0) is 23.3. The Hall–Kier alpha value is -2.78. The lowest BCUT2D eigenvalue weighted by molar-refractivity contribution is -0.119. The number of carbonyl (C=O) groups excluding carboxylic acids is 1. The van der Waals surface area contributed by atoms with E-state index in [-0.39, 0.29) is 17.7 Å². The maximum atomic E-state index is 13.0. The molecule has 0 aliphatic heterocycles. The molecule has 1 atom stereocenters. The quantitative estimate of drug-likeness (QED) is 0.293. The van der Waals surface area contributed by atoms with Gasteiger partial charge in [0.15, 0.2) is 5.16 Å². The molecule has 1 unspecified atom stereocenters. The molecule has 0 saturated heterocycles. The second kappa shape index (κ2) is 10.7. The van der Waals surface area contributed by atoms with Crippen LogP contribution in [0.3, 0.4) is 0 Å². The molecule has 2 heterocycles. The van der Waals surface area contributed by atoms with Gasteiger partial charge in [0, 0.05) is 5.92 Å². The van der Waals surface area contributed by atoms with Crippen LogP contribution in [0.25, 0.3) is 11.0 Å². The Morgan fingerprint density at radius 3 is 2.71 bits per heavy atom. The third kappa shape index (κ3) is 5.47. The summed E-state index contributed by atoms with van der Waals surface area (Å²) in [6.07, 6.45) is 5.21. The fourth-order valence-corrected chi connectivity index (χ4v) is 5.21. The van der Waals surface area contributed by atoms with Crippen molar-refractivity contribution in [1.29, 1.82) is 0 Å². The number of aromatic nitrogens is 5. The number of aromatic amines is 1. The summed E-state index contributed by atoms with van der Waals surface area (Å²) in [4.78, 5) is 21.1. The number of thioether (sulfide) groups is 2. The van der Waals surface area contributed by atoms with Crippen LogP contribution >= 0.6 is 23.5 Å². The van der Waals surface area contributed by atoms with E-state index in [0.717, 1.165) is 59.4 Å². The van der Waals surface area contributed by atoms with Gasteiger partial charge in [-0.05, 0) is 49.0 Å². The molecule has 1 fully saturated rings. The average Bonchev–Trinajstić information content (AvgIpc) is 3.48. The van der Waals surface area contributed by atoms with E-state index in [9.17, 15) is 4.79 Å². The Labute approximate surface area is 207 Å². The molecule has 7 nitrogen and oxygen atoms in total. The van der Waals surface area contributed by atoms with Gasteiger partial charge in [0.25, 0.3) is 0 Å². The summed E-state index contributed by atoms with van der Waals surface area (Å²) in [6, 6.07) is 18.1. The van der Waals surface area contributed by atoms with E-state index >= 15 is 0 Å². The first-order valence-corrected chi connectivity index (χ1v) is 13.9. The zero-order valence-corrected chi connectivity index (χ0v) is 20.7. The molecule has 0 bridgehead atoms. The highest BCUT2D eigenvalue weighted by atomic mass is 32.2. The third-order valence-electron chi connectivity index (χ3n) is 5.89. The van der Waals surface area contributed by atoms with E-state index < -0.39 is 0 Å². The number of nitrogens with zero attached hydrogens (tertiary/aromatic N) is 4. The summed E-state index contributed by atoms with van der Waals surface area (Å²) in [7, 11) is 0. The van der Waals surface area contributed by atoms with Crippen LogP contribution in [0.2, 0.25) is 0 Å². The van der Waals surface area contributed by atoms with Crippen LogP contribution in [0, 0.1) is 0 Å². The van der Waals surface area contributed by atoms with Crippen molar-refractivity contribution in [3.8, 4) is 0 Å². The summed E-state index contributed by atoms with van der Waals surface area (Å²) in [5.41, 5.74) is 3.10. The fraction of sp³-hybridized carbons (Fsp3) is 0.360. The van der Waals surface area contributed by atoms with Gasteiger partial charge in [-0.1, -0.05) is 54.2 Å². The number of para-hydroxylation sites is 2. The summed E-state index contributed by atoms with van der Waals surface area (Å²) < 4.78 is 2.18. The van der Waals surface area contributed by atoms with Gasteiger partial charge in [0.2, 0.25) is 5.91 Å². The Balaban J connectivity index is 1.27. The summed E-state index contributed by atoms with van der Waals surface area (Å²) in [5.74, 6) is 3.52. The van der Waals surface area contributed by atoms with Crippen LogP contribution in [0.5, 0.6) is 0 Å². The molecule has 4 aromatic rings. The molecule has 0 spiro atoms. The van der Waals surface area contributed by atoms with Gasteiger partial charge in [-0.3, -0.25) is 4.79 Å². The molecule has 2 aromatic heterocycles. The molecule has 1 aliphatic rings. The highest BCUT2D eigenvalue weighted by Crippen LogP contribution is 2.40.